The Hall–Kier alpha value is -2.12. The zero-order valence-electron chi connectivity index (χ0n) is 15.4. The molecule has 0 saturated heterocycles. The summed E-state index contributed by atoms with van der Waals surface area (Å²) >= 11 is 4.81. The molecule has 27 heavy (non-hydrogen) atoms. The highest BCUT2D eigenvalue weighted by molar-refractivity contribution is 9.10. The first-order valence-electron chi connectivity index (χ1n) is 8.58. The number of thioether (sulfide) groups is 1. The molecule has 0 aliphatic heterocycles. The van der Waals surface area contributed by atoms with Gasteiger partial charge in [0.1, 0.15) is 0 Å². The second kappa shape index (κ2) is 8.71. The fourth-order valence-electron chi connectivity index (χ4n) is 2.75. The monoisotopic (exact) mass is 444 g/mol. The van der Waals surface area contributed by atoms with Crippen LogP contribution in [0.1, 0.15) is 24.1 Å². The first-order valence-corrected chi connectivity index (χ1v) is 10.4. The van der Waals surface area contributed by atoms with Crippen LogP contribution in [0, 0.1) is 6.92 Å². The summed E-state index contributed by atoms with van der Waals surface area (Å²) in [6.07, 6.45) is 0. The summed E-state index contributed by atoms with van der Waals surface area (Å²) in [7, 11) is 1.92. The Balaban J connectivity index is 1.61. The Morgan fingerprint density at radius 3 is 2.59 bits per heavy atom. The van der Waals surface area contributed by atoms with Crippen molar-refractivity contribution in [3.05, 3.63) is 64.1 Å². The molecule has 0 radical (unpaired) electrons. The van der Waals surface area contributed by atoms with Gasteiger partial charge in [0.25, 0.3) is 0 Å². The molecule has 1 atom stereocenters. The van der Waals surface area contributed by atoms with Crippen LogP contribution in [-0.4, -0.2) is 26.4 Å². The second-order valence-corrected chi connectivity index (χ2v) is 8.17. The largest absolute Gasteiger partial charge is 0.349 e. The molecule has 7 heteroatoms. The number of amides is 1. The third kappa shape index (κ3) is 4.78. The highest BCUT2D eigenvalue weighted by Crippen LogP contribution is 2.25. The van der Waals surface area contributed by atoms with Crippen molar-refractivity contribution in [1.29, 1.82) is 0 Å². The summed E-state index contributed by atoms with van der Waals surface area (Å²) in [6, 6.07) is 16.0. The fraction of sp³-hybridized carbons (Fsp3) is 0.250. The van der Waals surface area contributed by atoms with Crippen molar-refractivity contribution in [2.45, 2.75) is 25.0 Å². The first-order chi connectivity index (χ1) is 13.0. The van der Waals surface area contributed by atoms with Gasteiger partial charge < -0.3 is 9.88 Å². The normalized spacial score (nSPS) is 12.0. The van der Waals surface area contributed by atoms with E-state index in [9.17, 15) is 4.79 Å². The summed E-state index contributed by atoms with van der Waals surface area (Å²) < 4.78 is 2.95. The zero-order chi connectivity index (χ0) is 19.4. The highest BCUT2D eigenvalue weighted by Gasteiger charge is 2.15. The Labute approximate surface area is 171 Å². The first kappa shape index (κ1) is 19.6. The molecular formula is C20H21BrN4OS. The molecule has 1 N–H and O–H groups in total. The minimum atomic E-state index is -0.0479. The molecular weight excluding hydrogens is 424 g/mol. The number of rotatable bonds is 6. The highest BCUT2D eigenvalue weighted by atomic mass is 79.9. The molecule has 5 nitrogen and oxygen atoms in total. The van der Waals surface area contributed by atoms with Crippen LogP contribution in [0.25, 0.3) is 11.4 Å². The molecule has 1 heterocycles. The van der Waals surface area contributed by atoms with Crippen LogP contribution in [-0.2, 0) is 11.8 Å². The van der Waals surface area contributed by atoms with Crippen molar-refractivity contribution in [3.8, 4) is 11.4 Å². The van der Waals surface area contributed by atoms with Gasteiger partial charge >= 0.3 is 0 Å². The van der Waals surface area contributed by atoms with E-state index in [0.717, 1.165) is 32.1 Å². The average Bonchev–Trinajstić information content (AvgIpc) is 3.01. The van der Waals surface area contributed by atoms with Gasteiger partial charge in [0.2, 0.25) is 5.91 Å². The van der Waals surface area contributed by atoms with Crippen molar-refractivity contribution in [2.24, 2.45) is 7.05 Å². The maximum atomic E-state index is 12.3. The molecule has 140 valence electrons. The summed E-state index contributed by atoms with van der Waals surface area (Å²) in [5.74, 6) is 1.07. The standard InChI is InChI=1S/C20H21BrN4OS/c1-13-6-4-5-7-17(13)19-23-24-20(25(19)3)27-12-18(26)22-14(2)15-8-10-16(21)11-9-15/h4-11,14H,12H2,1-3H3,(H,22,26). The lowest BCUT2D eigenvalue weighted by molar-refractivity contribution is -0.119. The molecule has 0 aliphatic rings. The molecule has 1 aromatic heterocycles. The SMILES string of the molecule is Cc1ccccc1-c1nnc(SCC(=O)NC(C)c2ccc(Br)cc2)n1C. The molecule has 3 rings (SSSR count). The van der Waals surface area contributed by atoms with E-state index in [1.807, 2.05) is 74.0 Å². The van der Waals surface area contributed by atoms with E-state index in [1.54, 1.807) is 0 Å². The zero-order valence-corrected chi connectivity index (χ0v) is 17.8. The van der Waals surface area contributed by atoms with Crippen LogP contribution in [0.5, 0.6) is 0 Å². The van der Waals surface area contributed by atoms with Crippen molar-refractivity contribution in [2.75, 3.05) is 5.75 Å². The molecule has 0 saturated carbocycles. The van der Waals surface area contributed by atoms with Gasteiger partial charge in [0.15, 0.2) is 11.0 Å². The Bertz CT molecular complexity index is 939. The Morgan fingerprint density at radius 1 is 1.19 bits per heavy atom. The molecule has 3 aromatic rings. The molecule has 1 unspecified atom stereocenters. The average molecular weight is 445 g/mol. The topological polar surface area (TPSA) is 59.8 Å². The lowest BCUT2D eigenvalue weighted by atomic mass is 10.1. The number of halogens is 1. The molecule has 0 aliphatic carbocycles. The number of nitrogens with one attached hydrogen (secondary N) is 1. The van der Waals surface area contributed by atoms with Gasteiger partial charge in [-0.15, -0.1) is 10.2 Å². The number of nitrogens with zero attached hydrogens (tertiary/aromatic N) is 3. The fourth-order valence-corrected chi connectivity index (χ4v) is 3.73. The van der Waals surface area contributed by atoms with Gasteiger partial charge in [0.05, 0.1) is 11.8 Å². The minimum absolute atomic E-state index is 0.0316. The Kier molecular flexibility index (Phi) is 6.34. The van der Waals surface area contributed by atoms with E-state index in [0.29, 0.717) is 5.75 Å². The van der Waals surface area contributed by atoms with Crippen molar-refractivity contribution in [1.82, 2.24) is 20.1 Å². The summed E-state index contributed by atoms with van der Waals surface area (Å²) in [6.45, 7) is 4.03. The van der Waals surface area contributed by atoms with Crippen molar-refractivity contribution in [3.63, 3.8) is 0 Å². The number of hydrogen-bond acceptors (Lipinski definition) is 4. The van der Waals surface area contributed by atoms with Crippen LogP contribution in [0.3, 0.4) is 0 Å². The summed E-state index contributed by atoms with van der Waals surface area (Å²) in [4.78, 5) is 12.3. The maximum Gasteiger partial charge on any atom is 0.230 e. The second-order valence-electron chi connectivity index (χ2n) is 6.31. The van der Waals surface area contributed by atoms with Crippen LogP contribution < -0.4 is 5.32 Å². The van der Waals surface area contributed by atoms with E-state index >= 15 is 0 Å². The summed E-state index contributed by atoms with van der Waals surface area (Å²) in [5.41, 5.74) is 3.26. The Morgan fingerprint density at radius 2 is 1.89 bits per heavy atom. The third-order valence-electron chi connectivity index (χ3n) is 4.30. The van der Waals surface area contributed by atoms with Crippen LogP contribution >= 0.6 is 27.7 Å². The van der Waals surface area contributed by atoms with E-state index in [-0.39, 0.29) is 11.9 Å². The molecule has 1 amide bonds. The van der Waals surface area contributed by atoms with Crippen molar-refractivity contribution >= 4 is 33.6 Å². The lowest BCUT2D eigenvalue weighted by Crippen LogP contribution is -2.28. The van der Waals surface area contributed by atoms with Gasteiger partial charge in [-0.1, -0.05) is 64.1 Å². The van der Waals surface area contributed by atoms with E-state index < -0.39 is 0 Å². The number of carbonyl (C=O) groups is 1. The predicted molar refractivity (Wildman–Crippen MR) is 113 cm³/mol. The van der Waals surface area contributed by atoms with Gasteiger partial charge in [-0.05, 0) is 37.1 Å². The van der Waals surface area contributed by atoms with Crippen LogP contribution in [0.4, 0.5) is 0 Å². The number of carbonyl (C=O) groups excluding carboxylic acids is 1. The van der Waals surface area contributed by atoms with Gasteiger partial charge in [-0.2, -0.15) is 0 Å². The molecule has 2 aromatic carbocycles. The molecule has 0 spiro atoms. The van der Waals surface area contributed by atoms with Gasteiger partial charge in [-0.3, -0.25) is 4.79 Å². The number of aryl methyl sites for hydroxylation is 1. The minimum Gasteiger partial charge on any atom is -0.349 e. The lowest BCUT2D eigenvalue weighted by Gasteiger charge is -2.14. The quantitative estimate of drug-likeness (QED) is 0.567. The number of aromatic nitrogens is 3. The van der Waals surface area contributed by atoms with E-state index in [4.69, 9.17) is 0 Å². The van der Waals surface area contributed by atoms with Gasteiger partial charge in [0, 0.05) is 17.1 Å². The molecule has 0 bridgehead atoms. The molecule has 0 fully saturated rings. The number of benzene rings is 2. The van der Waals surface area contributed by atoms with Crippen molar-refractivity contribution < 1.29 is 4.79 Å². The van der Waals surface area contributed by atoms with Gasteiger partial charge in [-0.25, -0.2) is 0 Å². The van der Waals surface area contributed by atoms with E-state index in [1.165, 1.54) is 11.8 Å². The third-order valence-corrected chi connectivity index (χ3v) is 5.85. The summed E-state index contributed by atoms with van der Waals surface area (Å²) in [5, 5.41) is 12.3. The maximum absolute atomic E-state index is 12.3. The van der Waals surface area contributed by atoms with Crippen LogP contribution in [0.15, 0.2) is 58.2 Å². The number of hydrogen-bond donors (Lipinski definition) is 1. The van der Waals surface area contributed by atoms with Crippen LogP contribution in [0.2, 0.25) is 0 Å². The smallest absolute Gasteiger partial charge is 0.230 e. The van der Waals surface area contributed by atoms with E-state index in [2.05, 4.69) is 31.4 Å². The predicted octanol–water partition coefficient (Wildman–Crippen LogP) is 4.52.